The maximum absolute atomic E-state index is 12.8. The monoisotopic (exact) mass is 460 g/mol. The van der Waals surface area contributed by atoms with Gasteiger partial charge in [-0.2, -0.15) is 0 Å². The molecule has 1 heterocycles. The molecule has 1 aliphatic rings. The number of benzene rings is 2. The normalized spacial score (nSPS) is 15.2. The number of aryl methyl sites for hydroxylation is 1. The predicted octanol–water partition coefficient (Wildman–Crippen LogP) is 3.35. The van der Waals surface area contributed by atoms with E-state index in [4.69, 9.17) is 25.8 Å². The highest BCUT2D eigenvalue weighted by Crippen LogP contribution is 2.30. The summed E-state index contributed by atoms with van der Waals surface area (Å²) < 4.78 is 15.6. The summed E-state index contributed by atoms with van der Waals surface area (Å²) in [6, 6.07) is 12.3. The van der Waals surface area contributed by atoms with Crippen LogP contribution in [0.4, 0.5) is 0 Å². The van der Waals surface area contributed by atoms with Gasteiger partial charge in [0.2, 0.25) is 5.91 Å². The number of hydrogen-bond acceptors (Lipinski definition) is 6. The first-order valence-corrected chi connectivity index (χ1v) is 10.9. The van der Waals surface area contributed by atoms with Gasteiger partial charge >= 0.3 is 5.97 Å². The van der Waals surface area contributed by atoms with E-state index in [1.54, 1.807) is 26.4 Å². The third-order valence-corrected chi connectivity index (χ3v) is 6.04. The first kappa shape index (κ1) is 23.9. The summed E-state index contributed by atoms with van der Waals surface area (Å²) in [5, 5.41) is 0.523. The molecule has 3 rings (SSSR count). The fourth-order valence-electron chi connectivity index (χ4n) is 3.93. The smallest absolute Gasteiger partial charge is 0.327 e. The molecule has 0 aromatic heterocycles. The number of hydrogen-bond donors (Lipinski definition) is 0. The second kappa shape index (κ2) is 11.2. The molecule has 0 unspecified atom stereocenters. The Bertz CT molecular complexity index is 921. The standard InChI is InChI=1S/C24H29ClN2O5/c1-30-18-14-17(15-19(16-18)31-2)8-9-22(28)26-10-12-27(13-11-26)23(24(29)32-3)20-6-4-5-7-21(20)25/h4-7,14-16,23H,8-13H2,1-3H3/t23-/m1/s1. The lowest BCUT2D eigenvalue weighted by molar-refractivity contribution is -0.148. The number of rotatable bonds is 8. The molecule has 172 valence electrons. The number of halogens is 1. The SMILES string of the molecule is COC(=O)[C@@H](c1ccccc1Cl)N1CCN(C(=O)CCc2cc(OC)cc(OC)c2)CC1. The van der Waals surface area contributed by atoms with Crippen LogP contribution < -0.4 is 9.47 Å². The van der Waals surface area contributed by atoms with Crippen molar-refractivity contribution >= 4 is 23.5 Å². The van der Waals surface area contributed by atoms with E-state index in [0.29, 0.717) is 61.1 Å². The van der Waals surface area contributed by atoms with Crippen molar-refractivity contribution in [3.63, 3.8) is 0 Å². The van der Waals surface area contributed by atoms with Gasteiger partial charge in [0.25, 0.3) is 0 Å². The molecule has 0 bridgehead atoms. The molecule has 0 N–H and O–H groups in total. The third kappa shape index (κ3) is 5.72. The van der Waals surface area contributed by atoms with E-state index >= 15 is 0 Å². The van der Waals surface area contributed by atoms with Crippen LogP contribution in [0.3, 0.4) is 0 Å². The quantitative estimate of drug-likeness (QED) is 0.563. The zero-order valence-corrected chi connectivity index (χ0v) is 19.4. The average Bonchev–Trinajstić information content (AvgIpc) is 2.83. The summed E-state index contributed by atoms with van der Waals surface area (Å²) in [6.45, 7) is 2.20. The largest absolute Gasteiger partial charge is 0.497 e. The Hall–Kier alpha value is -2.77. The highest BCUT2D eigenvalue weighted by atomic mass is 35.5. The number of nitrogens with zero attached hydrogens (tertiary/aromatic N) is 2. The van der Waals surface area contributed by atoms with Crippen LogP contribution in [0.1, 0.15) is 23.6 Å². The highest BCUT2D eigenvalue weighted by molar-refractivity contribution is 6.31. The van der Waals surface area contributed by atoms with E-state index in [2.05, 4.69) is 0 Å². The van der Waals surface area contributed by atoms with Crippen molar-refractivity contribution in [1.82, 2.24) is 9.80 Å². The molecule has 0 aliphatic carbocycles. The van der Waals surface area contributed by atoms with Gasteiger partial charge in [0.05, 0.1) is 21.3 Å². The van der Waals surface area contributed by atoms with Crippen LogP contribution in [0.25, 0.3) is 0 Å². The van der Waals surface area contributed by atoms with E-state index in [1.165, 1.54) is 7.11 Å². The Morgan fingerprint density at radius 3 is 2.16 bits per heavy atom. The minimum Gasteiger partial charge on any atom is -0.497 e. The fourth-order valence-corrected chi connectivity index (χ4v) is 4.17. The first-order valence-electron chi connectivity index (χ1n) is 10.5. The average molecular weight is 461 g/mol. The van der Waals surface area contributed by atoms with Gasteiger partial charge in [0.1, 0.15) is 17.5 Å². The van der Waals surface area contributed by atoms with Crippen molar-refractivity contribution in [2.45, 2.75) is 18.9 Å². The maximum atomic E-state index is 12.8. The minimum atomic E-state index is -0.588. The minimum absolute atomic E-state index is 0.0822. The van der Waals surface area contributed by atoms with Gasteiger partial charge in [-0.05, 0) is 35.7 Å². The van der Waals surface area contributed by atoms with Crippen molar-refractivity contribution in [3.8, 4) is 11.5 Å². The van der Waals surface area contributed by atoms with Gasteiger partial charge in [-0.15, -0.1) is 0 Å². The summed E-state index contributed by atoms with van der Waals surface area (Å²) in [5.41, 5.74) is 1.70. The van der Waals surface area contributed by atoms with Crippen LogP contribution in [-0.2, 0) is 20.7 Å². The lowest BCUT2D eigenvalue weighted by Gasteiger charge is -2.38. The summed E-state index contributed by atoms with van der Waals surface area (Å²) >= 11 is 6.34. The van der Waals surface area contributed by atoms with Gasteiger partial charge < -0.3 is 19.1 Å². The Morgan fingerprint density at radius 2 is 1.59 bits per heavy atom. The molecule has 2 aromatic rings. The van der Waals surface area contributed by atoms with Crippen LogP contribution in [0.15, 0.2) is 42.5 Å². The summed E-state index contributed by atoms with van der Waals surface area (Å²) in [5.74, 6) is 1.13. The number of esters is 1. The van der Waals surface area contributed by atoms with Crippen molar-refractivity contribution in [1.29, 1.82) is 0 Å². The lowest BCUT2D eigenvalue weighted by Crippen LogP contribution is -2.51. The molecule has 1 saturated heterocycles. The Labute approximate surface area is 193 Å². The molecule has 7 nitrogen and oxygen atoms in total. The van der Waals surface area contributed by atoms with E-state index in [9.17, 15) is 9.59 Å². The van der Waals surface area contributed by atoms with Crippen LogP contribution in [0.2, 0.25) is 5.02 Å². The van der Waals surface area contributed by atoms with Gasteiger partial charge in [-0.25, -0.2) is 4.79 Å². The van der Waals surface area contributed by atoms with E-state index < -0.39 is 6.04 Å². The molecular weight excluding hydrogens is 432 g/mol. The number of methoxy groups -OCH3 is 3. The van der Waals surface area contributed by atoms with Crippen LogP contribution >= 0.6 is 11.6 Å². The Balaban J connectivity index is 1.60. The molecule has 0 saturated carbocycles. The van der Waals surface area contributed by atoms with E-state index in [-0.39, 0.29) is 11.9 Å². The zero-order valence-electron chi connectivity index (χ0n) is 18.7. The maximum Gasteiger partial charge on any atom is 0.327 e. The van der Waals surface area contributed by atoms with Gasteiger partial charge in [-0.1, -0.05) is 29.8 Å². The van der Waals surface area contributed by atoms with Gasteiger partial charge in [0, 0.05) is 43.7 Å². The molecule has 1 amide bonds. The summed E-state index contributed by atoms with van der Waals surface area (Å²) in [6.07, 6.45) is 0.984. The molecule has 2 aromatic carbocycles. The topological polar surface area (TPSA) is 68.3 Å². The predicted molar refractivity (Wildman–Crippen MR) is 122 cm³/mol. The summed E-state index contributed by atoms with van der Waals surface area (Å²) in [7, 11) is 4.58. The molecule has 0 spiro atoms. The molecule has 1 fully saturated rings. The second-order valence-corrected chi connectivity index (χ2v) is 7.99. The highest BCUT2D eigenvalue weighted by Gasteiger charge is 2.33. The molecule has 32 heavy (non-hydrogen) atoms. The molecule has 0 radical (unpaired) electrons. The molecule has 8 heteroatoms. The van der Waals surface area contributed by atoms with Crippen molar-refractivity contribution in [2.75, 3.05) is 47.5 Å². The van der Waals surface area contributed by atoms with Gasteiger partial charge in [-0.3, -0.25) is 9.69 Å². The van der Waals surface area contributed by atoms with Crippen molar-refractivity contribution in [2.24, 2.45) is 0 Å². The van der Waals surface area contributed by atoms with Crippen LogP contribution in [0.5, 0.6) is 11.5 Å². The zero-order chi connectivity index (χ0) is 23.1. The molecular formula is C24H29ClN2O5. The third-order valence-electron chi connectivity index (χ3n) is 5.70. The Kier molecular flexibility index (Phi) is 8.36. The van der Waals surface area contributed by atoms with E-state index in [1.807, 2.05) is 40.1 Å². The number of piperazine rings is 1. The van der Waals surface area contributed by atoms with Gasteiger partial charge in [0.15, 0.2) is 0 Å². The fraction of sp³-hybridized carbons (Fsp3) is 0.417. The first-order chi connectivity index (χ1) is 15.5. The summed E-state index contributed by atoms with van der Waals surface area (Å²) in [4.78, 5) is 29.2. The number of ether oxygens (including phenoxy) is 3. The molecule has 1 atom stereocenters. The number of amides is 1. The molecule has 1 aliphatic heterocycles. The van der Waals surface area contributed by atoms with Crippen LogP contribution in [-0.4, -0.2) is 69.2 Å². The van der Waals surface area contributed by atoms with Crippen molar-refractivity contribution in [3.05, 3.63) is 58.6 Å². The second-order valence-electron chi connectivity index (χ2n) is 7.58. The number of carbonyl (C=O) groups is 2. The Morgan fingerprint density at radius 1 is 0.969 bits per heavy atom. The lowest BCUT2D eigenvalue weighted by atomic mass is 10.0. The van der Waals surface area contributed by atoms with Crippen LogP contribution in [0, 0.1) is 0 Å². The number of carbonyl (C=O) groups excluding carboxylic acids is 2. The van der Waals surface area contributed by atoms with E-state index in [0.717, 1.165) is 5.56 Å². The van der Waals surface area contributed by atoms with Crippen molar-refractivity contribution < 1.29 is 23.8 Å².